The standard InChI is InChI=1S/C11H19N3O2/c1-5-16-10-6-9(12-7-13-10)14-11(3,4)8(2)15/h6-8,15H,5H2,1-4H3,(H,12,13,14). The van der Waals surface area contributed by atoms with Crippen molar-refractivity contribution in [2.75, 3.05) is 11.9 Å². The minimum absolute atomic E-state index is 0.447. The van der Waals surface area contributed by atoms with Crippen molar-refractivity contribution in [2.24, 2.45) is 0 Å². The van der Waals surface area contributed by atoms with Crippen molar-refractivity contribution in [3.05, 3.63) is 12.4 Å². The zero-order valence-electron chi connectivity index (χ0n) is 10.2. The van der Waals surface area contributed by atoms with Crippen LogP contribution in [0, 0.1) is 0 Å². The zero-order chi connectivity index (χ0) is 12.2. The van der Waals surface area contributed by atoms with E-state index in [1.807, 2.05) is 20.8 Å². The van der Waals surface area contributed by atoms with E-state index < -0.39 is 11.6 Å². The second-order valence-electron chi connectivity index (χ2n) is 4.20. The number of nitrogens with zero attached hydrogens (tertiary/aromatic N) is 2. The van der Waals surface area contributed by atoms with Crippen LogP contribution in [0.4, 0.5) is 5.82 Å². The Bertz CT molecular complexity index is 340. The maximum absolute atomic E-state index is 9.58. The van der Waals surface area contributed by atoms with E-state index in [9.17, 15) is 5.11 Å². The molecule has 1 aromatic heterocycles. The molecule has 1 heterocycles. The molecule has 0 spiro atoms. The molecule has 0 aliphatic heterocycles. The van der Waals surface area contributed by atoms with E-state index in [0.717, 1.165) is 0 Å². The number of rotatable bonds is 5. The highest BCUT2D eigenvalue weighted by molar-refractivity contribution is 5.39. The zero-order valence-corrected chi connectivity index (χ0v) is 10.2. The Hall–Kier alpha value is -1.36. The van der Waals surface area contributed by atoms with Gasteiger partial charge in [0.15, 0.2) is 0 Å². The molecule has 0 fully saturated rings. The first-order chi connectivity index (χ1) is 7.45. The average Bonchev–Trinajstić information content (AvgIpc) is 2.17. The van der Waals surface area contributed by atoms with Gasteiger partial charge in [0.05, 0.1) is 18.2 Å². The molecule has 0 radical (unpaired) electrons. The van der Waals surface area contributed by atoms with Gasteiger partial charge in [-0.1, -0.05) is 0 Å². The van der Waals surface area contributed by atoms with Gasteiger partial charge in [-0.3, -0.25) is 0 Å². The number of nitrogens with one attached hydrogen (secondary N) is 1. The molecule has 1 unspecified atom stereocenters. The normalized spacial score (nSPS) is 13.3. The highest BCUT2D eigenvalue weighted by atomic mass is 16.5. The maximum Gasteiger partial charge on any atom is 0.218 e. The van der Waals surface area contributed by atoms with Crippen molar-refractivity contribution in [1.29, 1.82) is 0 Å². The number of aliphatic hydroxyl groups is 1. The van der Waals surface area contributed by atoms with Gasteiger partial charge in [-0.05, 0) is 27.7 Å². The molecule has 1 rings (SSSR count). The fourth-order valence-electron chi connectivity index (χ4n) is 1.07. The lowest BCUT2D eigenvalue weighted by Gasteiger charge is -2.29. The van der Waals surface area contributed by atoms with Crippen molar-refractivity contribution >= 4 is 5.82 Å². The Morgan fingerprint density at radius 3 is 2.75 bits per heavy atom. The lowest BCUT2D eigenvalue weighted by atomic mass is 9.99. The molecule has 0 aromatic carbocycles. The lowest BCUT2D eigenvalue weighted by Crippen LogP contribution is -2.42. The molecule has 90 valence electrons. The minimum Gasteiger partial charge on any atom is -0.478 e. The summed E-state index contributed by atoms with van der Waals surface area (Å²) in [4.78, 5) is 8.04. The van der Waals surface area contributed by atoms with Crippen molar-refractivity contribution in [3.8, 4) is 5.88 Å². The third kappa shape index (κ3) is 3.34. The van der Waals surface area contributed by atoms with Crippen LogP contribution < -0.4 is 10.1 Å². The van der Waals surface area contributed by atoms with E-state index in [-0.39, 0.29) is 0 Å². The smallest absolute Gasteiger partial charge is 0.218 e. The van der Waals surface area contributed by atoms with Crippen LogP contribution in [-0.4, -0.2) is 33.3 Å². The van der Waals surface area contributed by atoms with Gasteiger partial charge in [-0.15, -0.1) is 0 Å². The highest BCUT2D eigenvalue weighted by Crippen LogP contribution is 2.18. The van der Waals surface area contributed by atoms with E-state index >= 15 is 0 Å². The third-order valence-corrected chi connectivity index (χ3v) is 2.43. The molecule has 0 bridgehead atoms. The lowest BCUT2D eigenvalue weighted by molar-refractivity contribution is 0.133. The summed E-state index contributed by atoms with van der Waals surface area (Å²) in [6, 6.07) is 1.72. The molecule has 0 aliphatic rings. The molecule has 0 amide bonds. The summed E-state index contributed by atoms with van der Waals surface area (Å²) >= 11 is 0. The monoisotopic (exact) mass is 225 g/mol. The molecule has 0 aliphatic carbocycles. The molecule has 2 N–H and O–H groups in total. The van der Waals surface area contributed by atoms with Gasteiger partial charge in [0.25, 0.3) is 0 Å². The van der Waals surface area contributed by atoms with Crippen molar-refractivity contribution < 1.29 is 9.84 Å². The summed E-state index contributed by atoms with van der Waals surface area (Å²) in [6.07, 6.45) is 0.948. The fraction of sp³-hybridized carbons (Fsp3) is 0.636. The van der Waals surface area contributed by atoms with E-state index in [0.29, 0.717) is 18.3 Å². The average molecular weight is 225 g/mol. The van der Waals surface area contributed by atoms with Gasteiger partial charge in [-0.25, -0.2) is 9.97 Å². The number of hydrogen-bond donors (Lipinski definition) is 2. The molecular formula is C11H19N3O2. The third-order valence-electron chi connectivity index (χ3n) is 2.43. The first-order valence-corrected chi connectivity index (χ1v) is 5.37. The predicted molar refractivity (Wildman–Crippen MR) is 62.6 cm³/mol. The summed E-state index contributed by atoms with van der Waals surface area (Å²) in [5.41, 5.74) is -0.447. The molecule has 0 saturated carbocycles. The van der Waals surface area contributed by atoms with Gasteiger partial charge < -0.3 is 15.2 Å². The molecule has 5 nitrogen and oxygen atoms in total. The van der Waals surface area contributed by atoms with E-state index in [1.54, 1.807) is 13.0 Å². The molecular weight excluding hydrogens is 206 g/mol. The Kier molecular flexibility index (Phi) is 4.06. The largest absolute Gasteiger partial charge is 0.478 e. The Balaban J connectivity index is 2.77. The summed E-state index contributed by atoms with van der Waals surface area (Å²) < 4.78 is 5.27. The summed E-state index contributed by atoms with van der Waals surface area (Å²) in [5.74, 6) is 1.17. The molecule has 16 heavy (non-hydrogen) atoms. The van der Waals surface area contributed by atoms with Crippen molar-refractivity contribution in [1.82, 2.24) is 9.97 Å². The van der Waals surface area contributed by atoms with Crippen LogP contribution in [0.15, 0.2) is 12.4 Å². The first kappa shape index (κ1) is 12.7. The molecule has 1 aromatic rings. The Morgan fingerprint density at radius 1 is 1.50 bits per heavy atom. The van der Waals surface area contributed by atoms with Gasteiger partial charge in [-0.2, -0.15) is 0 Å². The molecule has 0 saturated heterocycles. The predicted octanol–water partition coefficient (Wildman–Crippen LogP) is 1.45. The van der Waals surface area contributed by atoms with Gasteiger partial charge in [0, 0.05) is 6.07 Å². The van der Waals surface area contributed by atoms with Crippen molar-refractivity contribution in [2.45, 2.75) is 39.3 Å². The van der Waals surface area contributed by atoms with Crippen LogP contribution in [0.3, 0.4) is 0 Å². The van der Waals surface area contributed by atoms with Crippen LogP contribution in [0.2, 0.25) is 0 Å². The number of aliphatic hydroxyl groups excluding tert-OH is 1. The fourth-order valence-corrected chi connectivity index (χ4v) is 1.07. The topological polar surface area (TPSA) is 67.3 Å². The van der Waals surface area contributed by atoms with Crippen molar-refractivity contribution in [3.63, 3.8) is 0 Å². The van der Waals surface area contributed by atoms with Crippen LogP contribution in [-0.2, 0) is 0 Å². The van der Waals surface area contributed by atoms with Gasteiger partial charge >= 0.3 is 0 Å². The summed E-state index contributed by atoms with van der Waals surface area (Å²) in [6.45, 7) is 8.00. The van der Waals surface area contributed by atoms with Gasteiger partial charge in [0.1, 0.15) is 12.1 Å². The quantitative estimate of drug-likeness (QED) is 0.793. The maximum atomic E-state index is 9.58. The molecule has 5 heteroatoms. The Morgan fingerprint density at radius 2 is 2.19 bits per heavy atom. The number of anilines is 1. The second-order valence-corrected chi connectivity index (χ2v) is 4.20. The number of hydrogen-bond acceptors (Lipinski definition) is 5. The van der Waals surface area contributed by atoms with E-state index in [1.165, 1.54) is 6.33 Å². The summed E-state index contributed by atoms with van der Waals surface area (Å²) in [5, 5.41) is 12.7. The minimum atomic E-state index is -0.488. The highest BCUT2D eigenvalue weighted by Gasteiger charge is 2.24. The van der Waals surface area contributed by atoms with E-state index in [4.69, 9.17) is 4.74 Å². The second kappa shape index (κ2) is 5.12. The number of aromatic nitrogens is 2. The Labute approximate surface area is 95.9 Å². The van der Waals surface area contributed by atoms with Crippen LogP contribution >= 0.6 is 0 Å². The SMILES string of the molecule is CCOc1cc(NC(C)(C)C(C)O)ncn1. The van der Waals surface area contributed by atoms with Crippen LogP contribution in [0.5, 0.6) is 5.88 Å². The first-order valence-electron chi connectivity index (χ1n) is 5.37. The number of ether oxygens (including phenoxy) is 1. The van der Waals surface area contributed by atoms with Crippen LogP contribution in [0.25, 0.3) is 0 Å². The van der Waals surface area contributed by atoms with E-state index in [2.05, 4.69) is 15.3 Å². The molecule has 1 atom stereocenters. The van der Waals surface area contributed by atoms with Crippen LogP contribution in [0.1, 0.15) is 27.7 Å². The summed E-state index contributed by atoms with van der Waals surface area (Å²) in [7, 11) is 0. The van der Waals surface area contributed by atoms with Gasteiger partial charge in [0.2, 0.25) is 5.88 Å².